The predicted molar refractivity (Wildman–Crippen MR) is 131 cm³/mol. The topological polar surface area (TPSA) is 100 Å². The van der Waals surface area contributed by atoms with Gasteiger partial charge in [0.25, 0.3) is 11.5 Å². The molecule has 1 aliphatic heterocycles. The first kappa shape index (κ1) is 28.5. The first-order valence-corrected chi connectivity index (χ1v) is 11.2. The summed E-state index contributed by atoms with van der Waals surface area (Å²) in [4.78, 5) is 36.9. The third-order valence-electron chi connectivity index (χ3n) is 5.97. The molecule has 0 fully saturated rings. The van der Waals surface area contributed by atoms with Crippen LogP contribution in [0.25, 0.3) is 0 Å². The van der Waals surface area contributed by atoms with Gasteiger partial charge in [-0.1, -0.05) is 12.1 Å². The molecule has 1 amide bonds. The van der Waals surface area contributed by atoms with Gasteiger partial charge in [-0.15, -0.1) is 17.1 Å². The van der Waals surface area contributed by atoms with Crippen molar-refractivity contribution in [3.05, 3.63) is 92.1 Å². The monoisotopic (exact) mass is 551 g/mol. The maximum atomic E-state index is 14.3. The number of nitrogens with zero attached hydrogens (tertiary/aromatic N) is 4. The van der Waals surface area contributed by atoms with Crippen molar-refractivity contribution in [2.45, 2.75) is 25.6 Å². The van der Waals surface area contributed by atoms with E-state index >= 15 is 0 Å². The van der Waals surface area contributed by atoms with E-state index in [9.17, 15) is 27.2 Å². The number of benzene rings is 2. The summed E-state index contributed by atoms with van der Waals surface area (Å²) in [6.45, 7) is 0.358. The number of alkyl halides is 3. The predicted octanol–water partition coefficient (Wildman–Crippen LogP) is 3.61. The summed E-state index contributed by atoms with van der Waals surface area (Å²) in [6.07, 6.45) is -3.80. The van der Waals surface area contributed by atoms with E-state index in [0.717, 1.165) is 22.9 Å². The molecule has 0 radical (unpaired) electrons. The van der Waals surface area contributed by atoms with E-state index < -0.39 is 29.0 Å². The van der Waals surface area contributed by atoms with Gasteiger partial charge >= 0.3 is 6.18 Å². The van der Waals surface area contributed by atoms with Gasteiger partial charge in [-0.3, -0.25) is 9.59 Å². The lowest BCUT2D eigenvalue weighted by molar-refractivity contribution is -0.137. The molecule has 1 N–H and O–H groups in total. The summed E-state index contributed by atoms with van der Waals surface area (Å²) in [5, 5.41) is 11.9. The molecule has 3 aromatic rings. The van der Waals surface area contributed by atoms with Crippen LogP contribution in [0.1, 0.15) is 38.3 Å². The van der Waals surface area contributed by atoms with Gasteiger partial charge in [-0.25, -0.2) is 9.37 Å². The summed E-state index contributed by atoms with van der Waals surface area (Å²) in [6, 6.07) is 10.2. The number of anilines is 1. The molecule has 0 spiro atoms. The molecule has 0 atom stereocenters. The molecular weight excluding hydrogens is 530 g/mol. The quantitative estimate of drug-likeness (QED) is 0.470. The number of carbonyl (C=O) groups is 1. The van der Waals surface area contributed by atoms with Gasteiger partial charge in [0.05, 0.1) is 40.6 Å². The highest BCUT2D eigenvalue weighted by molar-refractivity contribution is 5.94. The van der Waals surface area contributed by atoms with Crippen LogP contribution in [0.2, 0.25) is 0 Å². The molecular formula is C25H22ClF4N5O3. The van der Waals surface area contributed by atoms with E-state index in [1.54, 1.807) is 6.07 Å². The Bertz CT molecular complexity index is 1440. The number of carbonyl (C=O) groups excluding carboxylic acids is 1. The molecule has 0 saturated carbocycles. The van der Waals surface area contributed by atoms with E-state index in [-0.39, 0.29) is 61.1 Å². The molecule has 2 aromatic carbocycles. The standard InChI is InChI=1S/C25H21F4N5O3.ClH/c1-37-34-23(36)19-14-33(22(35)18-7-4-16(13-30)12-20(18)26)11-9-21(19)32-24(34)31-10-8-15-2-5-17(6-3-15)25(27,28)29;/h2-7,12H,8-11,14H2,1H3,(H,31,32);1H. The summed E-state index contributed by atoms with van der Waals surface area (Å²) in [5.74, 6) is -1.32. The van der Waals surface area contributed by atoms with Crippen molar-refractivity contribution in [3.63, 3.8) is 0 Å². The van der Waals surface area contributed by atoms with Crippen molar-refractivity contribution >= 4 is 24.3 Å². The van der Waals surface area contributed by atoms with Crippen LogP contribution < -0.4 is 15.7 Å². The van der Waals surface area contributed by atoms with Crippen molar-refractivity contribution in [3.8, 4) is 6.07 Å². The van der Waals surface area contributed by atoms with Gasteiger partial charge < -0.3 is 15.1 Å². The fourth-order valence-electron chi connectivity index (χ4n) is 4.02. The Kier molecular flexibility index (Phi) is 8.63. The van der Waals surface area contributed by atoms with Gasteiger partial charge in [0.15, 0.2) is 0 Å². The SMILES string of the molecule is COn1c(NCCc2ccc(C(F)(F)F)cc2)nc2c(c1=O)CN(C(=O)c1ccc(C#N)cc1F)CC2.Cl. The largest absolute Gasteiger partial charge is 0.416 e. The number of hydrogen-bond acceptors (Lipinski definition) is 6. The Morgan fingerprint density at radius 3 is 2.53 bits per heavy atom. The molecule has 4 rings (SSSR count). The molecule has 38 heavy (non-hydrogen) atoms. The number of aromatic nitrogens is 2. The average Bonchev–Trinajstić information content (AvgIpc) is 2.88. The number of rotatable bonds is 6. The summed E-state index contributed by atoms with van der Waals surface area (Å²) in [5.41, 5.74) is -0.0457. The van der Waals surface area contributed by atoms with Crippen LogP contribution in [0.15, 0.2) is 47.3 Å². The Balaban J connectivity index is 0.00000400. The van der Waals surface area contributed by atoms with Crippen molar-refractivity contribution in [2.24, 2.45) is 0 Å². The Morgan fingerprint density at radius 1 is 1.21 bits per heavy atom. The number of halogens is 5. The van der Waals surface area contributed by atoms with E-state index in [1.165, 1.54) is 36.3 Å². The van der Waals surface area contributed by atoms with Crippen LogP contribution in [-0.4, -0.2) is 40.7 Å². The second-order valence-electron chi connectivity index (χ2n) is 8.30. The normalized spacial score (nSPS) is 12.7. The zero-order valence-corrected chi connectivity index (χ0v) is 20.8. The van der Waals surface area contributed by atoms with E-state index in [0.29, 0.717) is 17.7 Å². The zero-order chi connectivity index (χ0) is 26.7. The van der Waals surface area contributed by atoms with Crippen LogP contribution in [0, 0.1) is 17.1 Å². The minimum Gasteiger partial charge on any atom is -0.411 e. The van der Waals surface area contributed by atoms with Crippen molar-refractivity contribution < 1.29 is 27.2 Å². The first-order chi connectivity index (χ1) is 17.6. The van der Waals surface area contributed by atoms with Crippen LogP contribution in [0.5, 0.6) is 0 Å². The van der Waals surface area contributed by atoms with Crippen molar-refractivity contribution in [2.75, 3.05) is 25.5 Å². The summed E-state index contributed by atoms with van der Waals surface area (Å²) >= 11 is 0. The average molecular weight is 552 g/mol. The summed E-state index contributed by atoms with van der Waals surface area (Å²) in [7, 11) is 1.27. The van der Waals surface area contributed by atoms with Crippen molar-refractivity contribution in [1.29, 1.82) is 5.26 Å². The van der Waals surface area contributed by atoms with Gasteiger partial charge in [-0.2, -0.15) is 18.4 Å². The Labute approximate surface area is 220 Å². The smallest absolute Gasteiger partial charge is 0.411 e. The van der Waals surface area contributed by atoms with E-state index in [4.69, 9.17) is 10.1 Å². The number of fused-ring (bicyclic) bond motifs is 1. The fourth-order valence-corrected chi connectivity index (χ4v) is 4.02. The molecule has 13 heteroatoms. The highest BCUT2D eigenvalue weighted by Gasteiger charge is 2.30. The van der Waals surface area contributed by atoms with E-state index in [2.05, 4.69) is 10.3 Å². The van der Waals surface area contributed by atoms with Gasteiger partial charge in [0.1, 0.15) is 12.9 Å². The minimum absolute atomic E-state index is 0. The third kappa shape index (κ3) is 5.89. The number of nitriles is 1. The van der Waals surface area contributed by atoms with Crippen LogP contribution in [0.4, 0.5) is 23.5 Å². The van der Waals surface area contributed by atoms with Crippen LogP contribution in [-0.2, 0) is 25.6 Å². The zero-order valence-electron chi connectivity index (χ0n) is 20.0. The lowest BCUT2D eigenvalue weighted by Gasteiger charge is -2.29. The fraction of sp³-hybridized carbons (Fsp3) is 0.280. The second kappa shape index (κ2) is 11.5. The Morgan fingerprint density at radius 2 is 1.92 bits per heavy atom. The van der Waals surface area contributed by atoms with E-state index in [1.807, 2.05) is 0 Å². The van der Waals surface area contributed by atoms with Gasteiger partial charge in [0, 0.05) is 19.5 Å². The molecule has 0 aliphatic carbocycles. The third-order valence-corrected chi connectivity index (χ3v) is 5.97. The lowest BCUT2D eigenvalue weighted by Crippen LogP contribution is -2.42. The molecule has 2 heterocycles. The number of amides is 1. The molecule has 200 valence electrons. The summed E-state index contributed by atoms with van der Waals surface area (Å²) < 4.78 is 53.5. The molecule has 0 bridgehead atoms. The van der Waals surface area contributed by atoms with Crippen LogP contribution >= 0.6 is 12.4 Å². The second-order valence-corrected chi connectivity index (χ2v) is 8.30. The number of nitrogens with one attached hydrogen (secondary N) is 1. The molecule has 1 aliphatic rings. The highest BCUT2D eigenvalue weighted by Crippen LogP contribution is 2.29. The maximum Gasteiger partial charge on any atom is 0.416 e. The van der Waals surface area contributed by atoms with Crippen molar-refractivity contribution in [1.82, 2.24) is 14.6 Å². The molecule has 1 aromatic heterocycles. The lowest BCUT2D eigenvalue weighted by atomic mass is 10.0. The first-order valence-electron chi connectivity index (χ1n) is 11.2. The molecule has 0 unspecified atom stereocenters. The molecule has 8 nitrogen and oxygen atoms in total. The molecule has 0 saturated heterocycles. The minimum atomic E-state index is -4.41. The number of hydrogen-bond donors (Lipinski definition) is 1. The Hall–Kier alpha value is -4.11. The highest BCUT2D eigenvalue weighted by atomic mass is 35.5. The van der Waals surface area contributed by atoms with Gasteiger partial charge in [-0.05, 0) is 42.3 Å². The maximum absolute atomic E-state index is 14.3. The van der Waals surface area contributed by atoms with Gasteiger partial charge in [0.2, 0.25) is 5.95 Å². The van der Waals surface area contributed by atoms with Crippen LogP contribution in [0.3, 0.4) is 0 Å².